The summed E-state index contributed by atoms with van der Waals surface area (Å²) in [7, 11) is 0. The van der Waals surface area contributed by atoms with Gasteiger partial charge in [0.25, 0.3) is 5.91 Å². The van der Waals surface area contributed by atoms with Gasteiger partial charge >= 0.3 is 5.69 Å². The average molecular weight is 443 g/mol. The molecule has 1 fully saturated rings. The molecule has 1 aromatic carbocycles. The van der Waals surface area contributed by atoms with Crippen LogP contribution in [0.15, 0.2) is 23.0 Å². The molecule has 1 amide bonds. The van der Waals surface area contributed by atoms with Gasteiger partial charge in [-0.3, -0.25) is 14.2 Å². The molecule has 2 N–H and O–H groups in total. The maximum absolute atomic E-state index is 13.8. The summed E-state index contributed by atoms with van der Waals surface area (Å²) < 4.78 is 2.89. The lowest BCUT2D eigenvalue weighted by Crippen LogP contribution is -2.40. The molecule has 7 heteroatoms. The van der Waals surface area contributed by atoms with E-state index in [1.807, 2.05) is 13.8 Å². The summed E-state index contributed by atoms with van der Waals surface area (Å²) in [6.07, 6.45) is 2.93. The summed E-state index contributed by atoms with van der Waals surface area (Å²) in [5.74, 6) is 0.730. The fourth-order valence-corrected chi connectivity index (χ4v) is 5.29. The van der Waals surface area contributed by atoms with Crippen molar-refractivity contribution in [2.45, 2.75) is 60.4 Å². The lowest BCUT2D eigenvalue weighted by molar-refractivity contribution is 0.0633. The normalized spacial score (nSPS) is 21.3. The van der Waals surface area contributed by atoms with E-state index in [1.54, 1.807) is 27.7 Å². The molecule has 0 spiro atoms. The average Bonchev–Trinajstić information content (AvgIpc) is 3.04. The maximum Gasteiger partial charge on any atom is 0.336 e. The van der Waals surface area contributed by atoms with Crippen molar-refractivity contribution in [3.8, 4) is 0 Å². The molecule has 7 nitrogen and oxygen atoms in total. The summed E-state index contributed by atoms with van der Waals surface area (Å²) in [5.41, 5.74) is 7.10. The van der Waals surface area contributed by atoms with E-state index in [9.17, 15) is 14.4 Å². The van der Waals surface area contributed by atoms with Crippen LogP contribution in [-0.4, -0.2) is 45.5 Å². The second-order valence-corrected chi connectivity index (χ2v) is 9.51. The molecule has 32 heavy (non-hydrogen) atoms. The van der Waals surface area contributed by atoms with Crippen molar-refractivity contribution in [2.24, 2.45) is 29.4 Å². The number of carbonyl (C=O) groups excluding carboxylic acids is 2. The molecule has 2 aromatic rings. The third-order valence-electron chi connectivity index (χ3n) is 7.14. The standard InChI is InChI=1S/C25H38N4O3/c1-6-27(7-2)23(30)18-9-11-21-22(15-18)28(13-12-26)25(32)29(21)24(31)20-14-17(5)8-10-19(20)16(3)4/h9,11,15-17,19-20H,6-8,10,12-14,26H2,1-5H3/t17-,19+,20-/m1/s1. The maximum atomic E-state index is 13.8. The Morgan fingerprint density at radius 3 is 2.44 bits per heavy atom. The van der Waals surface area contributed by atoms with Gasteiger partial charge in [0.15, 0.2) is 0 Å². The summed E-state index contributed by atoms with van der Waals surface area (Å²) >= 11 is 0. The van der Waals surface area contributed by atoms with Crippen LogP contribution in [-0.2, 0) is 6.54 Å². The van der Waals surface area contributed by atoms with Gasteiger partial charge < -0.3 is 10.6 Å². The van der Waals surface area contributed by atoms with Crippen LogP contribution in [0.25, 0.3) is 11.0 Å². The first kappa shape index (κ1) is 24.2. The molecule has 0 aliphatic heterocycles. The summed E-state index contributed by atoms with van der Waals surface area (Å²) in [4.78, 5) is 41.8. The van der Waals surface area contributed by atoms with Crippen molar-refractivity contribution < 1.29 is 9.59 Å². The number of nitrogens with two attached hydrogens (primary N) is 1. The van der Waals surface area contributed by atoms with Crippen molar-refractivity contribution in [3.63, 3.8) is 0 Å². The van der Waals surface area contributed by atoms with Crippen LogP contribution in [0.4, 0.5) is 0 Å². The topological polar surface area (TPSA) is 90.3 Å². The number of rotatable bonds is 7. The number of hydrogen-bond acceptors (Lipinski definition) is 4. The second kappa shape index (κ2) is 10.0. The van der Waals surface area contributed by atoms with Gasteiger partial charge in [-0.05, 0) is 62.6 Å². The number of imidazole rings is 1. The fraction of sp³-hybridized carbons (Fsp3) is 0.640. The van der Waals surface area contributed by atoms with Crippen molar-refractivity contribution in [1.82, 2.24) is 14.0 Å². The Bertz CT molecular complexity index is 1030. The summed E-state index contributed by atoms with van der Waals surface area (Å²) in [5, 5.41) is 0. The molecule has 1 heterocycles. The summed E-state index contributed by atoms with van der Waals surface area (Å²) in [6, 6.07) is 5.21. The van der Waals surface area contributed by atoms with E-state index in [4.69, 9.17) is 5.73 Å². The van der Waals surface area contributed by atoms with Gasteiger partial charge in [0.1, 0.15) is 0 Å². The Morgan fingerprint density at radius 1 is 1.16 bits per heavy atom. The number of hydrogen-bond donors (Lipinski definition) is 1. The highest BCUT2D eigenvalue weighted by Gasteiger charge is 2.37. The first-order chi connectivity index (χ1) is 15.2. The minimum absolute atomic E-state index is 0.0799. The first-order valence-electron chi connectivity index (χ1n) is 12.0. The smallest absolute Gasteiger partial charge is 0.336 e. The number of fused-ring (bicyclic) bond motifs is 1. The molecule has 3 atom stereocenters. The van der Waals surface area contributed by atoms with Crippen LogP contribution in [0.5, 0.6) is 0 Å². The largest absolute Gasteiger partial charge is 0.339 e. The first-order valence-corrected chi connectivity index (χ1v) is 12.0. The van der Waals surface area contributed by atoms with E-state index in [1.165, 1.54) is 4.57 Å². The lowest BCUT2D eigenvalue weighted by Gasteiger charge is -2.36. The number of aromatic nitrogens is 2. The van der Waals surface area contributed by atoms with Gasteiger partial charge in [0, 0.05) is 37.7 Å². The van der Waals surface area contributed by atoms with Crippen LogP contribution in [0.1, 0.15) is 69.0 Å². The Morgan fingerprint density at radius 2 is 1.84 bits per heavy atom. The second-order valence-electron chi connectivity index (χ2n) is 9.51. The molecule has 1 aromatic heterocycles. The van der Waals surface area contributed by atoms with Crippen molar-refractivity contribution >= 4 is 22.8 Å². The van der Waals surface area contributed by atoms with Crippen molar-refractivity contribution in [1.29, 1.82) is 0 Å². The quantitative estimate of drug-likeness (QED) is 0.709. The van der Waals surface area contributed by atoms with Crippen LogP contribution >= 0.6 is 0 Å². The lowest BCUT2D eigenvalue weighted by atomic mass is 9.69. The van der Waals surface area contributed by atoms with E-state index in [-0.39, 0.29) is 35.9 Å². The third kappa shape index (κ3) is 4.40. The van der Waals surface area contributed by atoms with Crippen molar-refractivity contribution in [3.05, 3.63) is 34.2 Å². The van der Waals surface area contributed by atoms with Gasteiger partial charge in [0.05, 0.1) is 11.0 Å². The predicted molar refractivity (Wildman–Crippen MR) is 128 cm³/mol. The van der Waals surface area contributed by atoms with E-state index in [0.717, 1.165) is 19.3 Å². The predicted octanol–water partition coefficient (Wildman–Crippen LogP) is 3.59. The molecule has 1 saturated carbocycles. The number of carbonyl (C=O) groups is 2. The number of benzene rings is 1. The third-order valence-corrected chi connectivity index (χ3v) is 7.14. The van der Waals surface area contributed by atoms with Gasteiger partial charge in [-0.2, -0.15) is 0 Å². The highest BCUT2D eigenvalue weighted by molar-refractivity contribution is 5.99. The van der Waals surface area contributed by atoms with Gasteiger partial charge in [-0.1, -0.05) is 27.2 Å². The van der Waals surface area contributed by atoms with Crippen LogP contribution in [0.2, 0.25) is 0 Å². The summed E-state index contributed by atoms with van der Waals surface area (Å²) in [6.45, 7) is 12.2. The molecule has 3 rings (SSSR count). The van der Waals surface area contributed by atoms with Gasteiger partial charge in [-0.15, -0.1) is 0 Å². The molecular weight excluding hydrogens is 404 g/mol. The van der Waals surface area contributed by atoms with Gasteiger partial charge in [-0.25, -0.2) is 9.36 Å². The molecule has 176 valence electrons. The zero-order chi connectivity index (χ0) is 23.6. The molecule has 0 unspecified atom stereocenters. The van der Waals surface area contributed by atoms with Crippen molar-refractivity contribution in [2.75, 3.05) is 19.6 Å². The monoisotopic (exact) mass is 442 g/mol. The van der Waals surface area contributed by atoms with E-state index >= 15 is 0 Å². The van der Waals surface area contributed by atoms with Crippen LogP contribution in [0.3, 0.4) is 0 Å². The van der Waals surface area contributed by atoms with Crippen LogP contribution in [0, 0.1) is 23.7 Å². The molecule has 0 bridgehead atoms. The van der Waals surface area contributed by atoms with Crippen LogP contribution < -0.4 is 11.4 Å². The Balaban J connectivity index is 2.13. The molecular formula is C25H38N4O3. The minimum atomic E-state index is -0.358. The number of amides is 1. The highest BCUT2D eigenvalue weighted by atomic mass is 16.2. The zero-order valence-electron chi connectivity index (χ0n) is 20.1. The Labute approximate surface area is 190 Å². The Hall–Kier alpha value is -2.41. The fourth-order valence-electron chi connectivity index (χ4n) is 5.29. The van der Waals surface area contributed by atoms with E-state index < -0.39 is 0 Å². The van der Waals surface area contributed by atoms with Gasteiger partial charge in [0.2, 0.25) is 5.91 Å². The SMILES string of the molecule is CCN(CC)C(=O)c1ccc2c(c1)n(CCN)c(=O)n2C(=O)[C@@H]1C[C@H](C)CC[C@H]1C(C)C. The highest BCUT2D eigenvalue weighted by Crippen LogP contribution is 2.39. The zero-order valence-corrected chi connectivity index (χ0v) is 20.1. The molecule has 0 radical (unpaired) electrons. The Kier molecular flexibility index (Phi) is 7.59. The molecule has 1 aliphatic rings. The minimum Gasteiger partial charge on any atom is -0.339 e. The van der Waals surface area contributed by atoms with E-state index in [0.29, 0.717) is 48.1 Å². The molecule has 0 saturated heterocycles. The molecule has 1 aliphatic carbocycles. The number of nitrogens with zero attached hydrogens (tertiary/aromatic N) is 3. The van der Waals surface area contributed by atoms with E-state index in [2.05, 4.69) is 20.8 Å².